The van der Waals surface area contributed by atoms with Gasteiger partial charge in [-0.2, -0.15) is 0 Å². The molecule has 5 heteroatoms. The summed E-state index contributed by atoms with van der Waals surface area (Å²) in [6.45, 7) is 2.27. The average Bonchev–Trinajstić information content (AvgIpc) is 2.89. The lowest BCUT2D eigenvalue weighted by atomic mass is 9.48. The van der Waals surface area contributed by atoms with Gasteiger partial charge in [-0.3, -0.25) is 9.36 Å². The van der Waals surface area contributed by atoms with Gasteiger partial charge in [0, 0.05) is 6.04 Å². The molecule has 0 radical (unpaired) electrons. The maximum Gasteiger partial charge on any atom is 0.326 e. The lowest BCUT2D eigenvalue weighted by molar-refractivity contribution is -0.126. The third kappa shape index (κ3) is 2.51. The summed E-state index contributed by atoms with van der Waals surface area (Å²) in [6, 6.07) is 7.70. The highest BCUT2D eigenvalue weighted by molar-refractivity contribution is 5.80. The summed E-state index contributed by atoms with van der Waals surface area (Å²) in [5, 5.41) is 3.25. The van der Waals surface area contributed by atoms with E-state index in [4.69, 9.17) is 0 Å². The molecule has 1 heterocycles. The SMILES string of the molecule is CC(NC(=O)Cn1c(=O)[nH]c2ccccc21)C12CC3CC(CC(C3)C1)C2. The second kappa shape index (κ2) is 5.73. The van der Waals surface area contributed by atoms with Crippen LogP contribution >= 0.6 is 0 Å². The zero-order chi connectivity index (χ0) is 17.9. The Morgan fingerprint density at radius 2 is 1.81 bits per heavy atom. The summed E-state index contributed by atoms with van der Waals surface area (Å²) < 4.78 is 1.54. The fourth-order valence-electron chi connectivity index (χ4n) is 6.56. The van der Waals surface area contributed by atoms with Crippen LogP contribution in [-0.4, -0.2) is 21.5 Å². The van der Waals surface area contributed by atoms with Crippen molar-refractivity contribution in [1.82, 2.24) is 14.9 Å². The molecule has 4 bridgehead atoms. The average molecular weight is 353 g/mol. The standard InChI is InChI=1S/C21H27N3O2/c1-13(21-9-14-6-15(10-21)8-16(7-14)11-21)22-19(25)12-24-18-5-3-2-4-17(18)23-20(24)26/h2-5,13-16H,6-12H2,1H3,(H,22,25)(H,23,26). The number of rotatable bonds is 4. The summed E-state index contributed by atoms with van der Waals surface area (Å²) in [5.41, 5.74) is 1.63. The number of carbonyl (C=O) groups excluding carboxylic acids is 1. The summed E-state index contributed by atoms with van der Waals surface area (Å²) in [7, 11) is 0. The fraction of sp³-hybridized carbons (Fsp3) is 0.619. The number of fused-ring (bicyclic) bond motifs is 1. The van der Waals surface area contributed by atoms with Crippen LogP contribution in [0.25, 0.3) is 11.0 Å². The van der Waals surface area contributed by atoms with E-state index < -0.39 is 0 Å². The van der Waals surface area contributed by atoms with Crippen molar-refractivity contribution < 1.29 is 4.79 Å². The van der Waals surface area contributed by atoms with Crippen LogP contribution in [0.1, 0.15) is 45.4 Å². The molecule has 1 aromatic carbocycles. The van der Waals surface area contributed by atoms with Crippen LogP contribution in [0, 0.1) is 23.2 Å². The molecule has 4 saturated carbocycles. The third-order valence-electron chi connectivity index (χ3n) is 7.36. The molecule has 26 heavy (non-hydrogen) atoms. The van der Waals surface area contributed by atoms with Gasteiger partial charge in [0.05, 0.1) is 11.0 Å². The van der Waals surface area contributed by atoms with Gasteiger partial charge in [0.2, 0.25) is 5.91 Å². The molecule has 1 aromatic heterocycles. The van der Waals surface area contributed by atoms with E-state index in [0.29, 0.717) is 0 Å². The minimum absolute atomic E-state index is 0.0555. The Balaban J connectivity index is 1.32. The van der Waals surface area contributed by atoms with E-state index in [1.807, 2.05) is 24.3 Å². The van der Waals surface area contributed by atoms with Crippen LogP contribution in [-0.2, 0) is 11.3 Å². The Morgan fingerprint density at radius 1 is 1.19 bits per heavy atom. The minimum Gasteiger partial charge on any atom is -0.352 e. The van der Waals surface area contributed by atoms with Crippen molar-refractivity contribution in [3.8, 4) is 0 Å². The Hall–Kier alpha value is -2.04. The third-order valence-corrected chi connectivity index (χ3v) is 7.36. The van der Waals surface area contributed by atoms with Gasteiger partial charge in [0.15, 0.2) is 0 Å². The van der Waals surface area contributed by atoms with Gasteiger partial charge >= 0.3 is 5.69 Å². The van der Waals surface area contributed by atoms with Crippen LogP contribution in [0.2, 0.25) is 0 Å². The molecule has 1 amide bonds. The predicted octanol–water partition coefficient (Wildman–Crippen LogP) is 3.05. The highest BCUT2D eigenvalue weighted by Crippen LogP contribution is 2.61. The smallest absolute Gasteiger partial charge is 0.326 e. The number of H-pyrrole nitrogens is 1. The molecule has 2 N–H and O–H groups in total. The van der Waals surface area contributed by atoms with Gasteiger partial charge in [-0.05, 0) is 80.8 Å². The highest BCUT2D eigenvalue weighted by Gasteiger charge is 2.53. The van der Waals surface area contributed by atoms with E-state index in [1.54, 1.807) is 0 Å². The first-order valence-electron chi connectivity index (χ1n) is 9.99. The first-order chi connectivity index (χ1) is 12.5. The van der Waals surface area contributed by atoms with Gasteiger partial charge < -0.3 is 10.3 Å². The van der Waals surface area contributed by atoms with Crippen molar-refractivity contribution in [2.45, 2.75) is 58.0 Å². The maximum atomic E-state index is 12.7. The molecule has 5 nitrogen and oxygen atoms in total. The lowest BCUT2D eigenvalue weighted by Gasteiger charge is -2.59. The maximum absolute atomic E-state index is 12.7. The Bertz CT molecular complexity index is 874. The highest BCUT2D eigenvalue weighted by atomic mass is 16.2. The second-order valence-corrected chi connectivity index (χ2v) is 9.10. The molecule has 2 aromatic rings. The van der Waals surface area contributed by atoms with Crippen LogP contribution in [0.4, 0.5) is 0 Å². The molecule has 4 aliphatic carbocycles. The van der Waals surface area contributed by atoms with Crippen molar-refractivity contribution in [2.24, 2.45) is 23.2 Å². The van der Waals surface area contributed by atoms with Crippen molar-refractivity contribution in [1.29, 1.82) is 0 Å². The largest absolute Gasteiger partial charge is 0.352 e. The topological polar surface area (TPSA) is 66.9 Å². The lowest BCUT2D eigenvalue weighted by Crippen LogP contribution is -2.56. The van der Waals surface area contributed by atoms with Gasteiger partial charge in [-0.15, -0.1) is 0 Å². The number of aromatic nitrogens is 2. The zero-order valence-corrected chi connectivity index (χ0v) is 15.3. The Labute approximate surface area is 153 Å². The fourth-order valence-corrected chi connectivity index (χ4v) is 6.56. The molecule has 138 valence electrons. The number of nitrogens with zero attached hydrogens (tertiary/aromatic N) is 1. The van der Waals surface area contributed by atoms with Gasteiger partial charge in [-0.1, -0.05) is 12.1 Å². The number of para-hydroxylation sites is 2. The predicted molar refractivity (Wildman–Crippen MR) is 101 cm³/mol. The van der Waals surface area contributed by atoms with E-state index in [-0.39, 0.29) is 29.6 Å². The summed E-state index contributed by atoms with van der Waals surface area (Å²) in [4.78, 5) is 27.8. The molecule has 4 fully saturated rings. The molecular formula is C21H27N3O2. The summed E-state index contributed by atoms with van der Waals surface area (Å²) in [6.07, 6.45) is 8.04. The van der Waals surface area contributed by atoms with E-state index in [2.05, 4.69) is 17.2 Å². The molecular weight excluding hydrogens is 326 g/mol. The first-order valence-corrected chi connectivity index (χ1v) is 9.99. The van der Waals surface area contributed by atoms with Gasteiger partial charge in [0.25, 0.3) is 0 Å². The Kier molecular flexibility index (Phi) is 3.56. The van der Waals surface area contributed by atoms with Crippen LogP contribution in [0.3, 0.4) is 0 Å². The number of imidazole rings is 1. The van der Waals surface area contributed by atoms with E-state index in [0.717, 1.165) is 28.8 Å². The van der Waals surface area contributed by atoms with Crippen molar-refractivity contribution in [2.75, 3.05) is 0 Å². The van der Waals surface area contributed by atoms with Crippen molar-refractivity contribution in [3.63, 3.8) is 0 Å². The normalized spacial score (nSPS) is 33.5. The molecule has 0 aliphatic heterocycles. The number of amides is 1. The minimum atomic E-state index is -0.219. The molecule has 1 unspecified atom stereocenters. The molecule has 0 spiro atoms. The van der Waals surface area contributed by atoms with E-state index >= 15 is 0 Å². The monoisotopic (exact) mass is 353 g/mol. The van der Waals surface area contributed by atoms with Crippen molar-refractivity contribution >= 4 is 16.9 Å². The van der Waals surface area contributed by atoms with E-state index in [1.165, 1.54) is 43.1 Å². The van der Waals surface area contributed by atoms with Gasteiger partial charge in [-0.25, -0.2) is 4.79 Å². The molecule has 0 saturated heterocycles. The van der Waals surface area contributed by atoms with Crippen LogP contribution in [0.15, 0.2) is 29.1 Å². The zero-order valence-electron chi connectivity index (χ0n) is 15.3. The second-order valence-electron chi connectivity index (χ2n) is 9.10. The number of nitrogens with one attached hydrogen (secondary N) is 2. The van der Waals surface area contributed by atoms with Crippen LogP contribution < -0.4 is 11.0 Å². The summed E-state index contributed by atoms with van der Waals surface area (Å²) in [5.74, 6) is 2.56. The quantitative estimate of drug-likeness (QED) is 0.887. The van der Waals surface area contributed by atoms with Gasteiger partial charge in [0.1, 0.15) is 6.54 Å². The molecule has 1 atom stereocenters. The number of benzene rings is 1. The van der Waals surface area contributed by atoms with Crippen LogP contribution in [0.5, 0.6) is 0 Å². The molecule has 4 aliphatic rings. The Morgan fingerprint density at radius 3 is 2.46 bits per heavy atom. The number of carbonyl (C=O) groups is 1. The summed E-state index contributed by atoms with van der Waals surface area (Å²) >= 11 is 0. The number of hydrogen-bond acceptors (Lipinski definition) is 2. The van der Waals surface area contributed by atoms with E-state index in [9.17, 15) is 9.59 Å². The number of hydrogen-bond donors (Lipinski definition) is 2. The number of aromatic amines is 1. The molecule has 6 rings (SSSR count). The van der Waals surface area contributed by atoms with Crippen molar-refractivity contribution in [3.05, 3.63) is 34.7 Å². The first kappa shape index (κ1) is 16.2.